The van der Waals surface area contributed by atoms with E-state index in [9.17, 15) is 26.4 Å². The van der Waals surface area contributed by atoms with E-state index in [1.807, 2.05) is 4.90 Å². The lowest BCUT2D eigenvalue weighted by molar-refractivity contribution is -0.137. The van der Waals surface area contributed by atoms with Crippen molar-refractivity contribution in [3.8, 4) is 5.69 Å². The van der Waals surface area contributed by atoms with Gasteiger partial charge in [0.2, 0.25) is 0 Å². The number of amidine groups is 1. The summed E-state index contributed by atoms with van der Waals surface area (Å²) in [5.41, 5.74) is -0.566. The molecule has 1 saturated heterocycles. The van der Waals surface area contributed by atoms with Gasteiger partial charge in [0, 0.05) is 18.5 Å². The zero-order chi connectivity index (χ0) is 24.8. The molecule has 3 aromatic rings. The number of amides is 1. The van der Waals surface area contributed by atoms with Crippen molar-refractivity contribution >= 4 is 33.1 Å². The number of rotatable bonds is 3. The first-order valence-electron chi connectivity index (χ1n) is 10.8. The molecule has 9 nitrogen and oxygen atoms in total. The molecule has 1 N–H and O–H groups in total. The summed E-state index contributed by atoms with van der Waals surface area (Å²) in [4.78, 5) is 18.6. The molecule has 0 atom stereocenters. The Morgan fingerprint density at radius 2 is 1.83 bits per heavy atom. The number of hydrogen-bond donors (Lipinski definition) is 1. The highest BCUT2D eigenvalue weighted by atomic mass is 32.2. The van der Waals surface area contributed by atoms with Gasteiger partial charge < -0.3 is 10.2 Å². The van der Waals surface area contributed by atoms with Gasteiger partial charge in [0.1, 0.15) is 23.4 Å². The minimum absolute atomic E-state index is 0.0391. The largest absolute Gasteiger partial charge is 0.416 e. The van der Waals surface area contributed by atoms with Crippen LogP contribution in [0.5, 0.6) is 0 Å². The molecule has 35 heavy (non-hydrogen) atoms. The van der Waals surface area contributed by atoms with Crippen LogP contribution < -0.4 is 10.2 Å². The number of fused-ring (bicyclic) bond motifs is 3. The first kappa shape index (κ1) is 23.0. The van der Waals surface area contributed by atoms with E-state index >= 15 is 0 Å². The summed E-state index contributed by atoms with van der Waals surface area (Å²) in [5.74, 6) is -0.303. The molecule has 2 aliphatic heterocycles. The Kier molecular flexibility index (Phi) is 5.58. The molecule has 1 fully saturated rings. The van der Waals surface area contributed by atoms with E-state index in [1.165, 1.54) is 41.6 Å². The molecule has 3 heterocycles. The SMILES string of the molecule is O=C(Nc1cc(C(F)(F)F)ccc1-n1cncn1)c1ccc2c(c1)S(=O)(=O)N=C1CCCCCN12. The van der Waals surface area contributed by atoms with Gasteiger partial charge in [-0.05, 0) is 49.2 Å². The van der Waals surface area contributed by atoms with Crippen LogP contribution in [0.4, 0.5) is 24.5 Å². The summed E-state index contributed by atoms with van der Waals surface area (Å²) in [7, 11) is -4.03. The van der Waals surface area contributed by atoms with Gasteiger partial charge in [-0.3, -0.25) is 4.79 Å². The van der Waals surface area contributed by atoms with Crippen molar-refractivity contribution in [3.63, 3.8) is 0 Å². The molecule has 13 heteroatoms. The number of halogens is 3. The van der Waals surface area contributed by atoms with Gasteiger partial charge in [0.05, 0.1) is 22.6 Å². The number of nitrogens with one attached hydrogen (secondary N) is 1. The molecule has 1 amide bonds. The number of nitrogens with zero attached hydrogens (tertiary/aromatic N) is 5. The second kappa shape index (κ2) is 8.48. The quantitative estimate of drug-likeness (QED) is 0.577. The minimum atomic E-state index is -4.64. The Balaban J connectivity index is 1.52. The van der Waals surface area contributed by atoms with Crippen LogP contribution in [0.2, 0.25) is 0 Å². The fourth-order valence-electron chi connectivity index (χ4n) is 4.16. The van der Waals surface area contributed by atoms with E-state index in [-0.39, 0.29) is 21.8 Å². The molecule has 2 aliphatic rings. The average molecular weight is 504 g/mol. The van der Waals surface area contributed by atoms with Crippen molar-refractivity contribution in [2.75, 3.05) is 16.8 Å². The van der Waals surface area contributed by atoms with Crippen molar-refractivity contribution in [1.29, 1.82) is 0 Å². The van der Waals surface area contributed by atoms with E-state index in [2.05, 4.69) is 19.8 Å². The third-order valence-corrected chi connectivity index (χ3v) is 7.18. The lowest BCUT2D eigenvalue weighted by Gasteiger charge is -2.29. The normalized spacial score (nSPS) is 17.1. The van der Waals surface area contributed by atoms with Crippen LogP contribution in [-0.2, 0) is 16.2 Å². The van der Waals surface area contributed by atoms with Gasteiger partial charge in [-0.25, -0.2) is 9.67 Å². The van der Waals surface area contributed by atoms with Crippen LogP contribution >= 0.6 is 0 Å². The molecule has 0 spiro atoms. The summed E-state index contributed by atoms with van der Waals surface area (Å²) < 4.78 is 70.8. The summed E-state index contributed by atoms with van der Waals surface area (Å²) in [6, 6.07) is 7.01. The zero-order valence-electron chi connectivity index (χ0n) is 18.2. The van der Waals surface area contributed by atoms with Crippen molar-refractivity contribution in [2.24, 2.45) is 4.40 Å². The zero-order valence-corrected chi connectivity index (χ0v) is 19.0. The fourth-order valence-corrected chi connectivity index (χ4v) is 5.44. The van der Waals surface area contributed by atoms with E-state index in [0.29, 0.717) is 24.5 Å². The Hall–Kier alpha value is -3.74. The maximum atomic E-state index is 13.3. The third kappa shape index (κ3) is 4.38. The molecule has 0 aliphatic carbocycles. The average Bonchev–Trinajstić information content (AvgIpc) is 3.24. The number of alkyl halides is 3. The minimum Gasteiger partial charge on any atom is -0.328 e. The van der Waals surface area contributed by atoms with Crippen molar-refractivity contribution < 1.29 is 26.4 Å². The maximum absolute atomic E-state index is 13.3. The number of benzene rings is 2. The van der Waals surface area contributed by atoms with E-state index in [4.69, 9.17) is 0 Å². The topological polar surface area (TPSA) is 110 Å². The second-order valence-electron chi connectivity index (χ2n) is 8.15. The molecule has 0 saturated carbocycles. The van der Waals surface area contributed by atoms with Crippen LogP contribution in [0.25, 0.3) is 5.69 Å². The van der Waals surface area contributed by atoms with Gasteiger partial charge in [0.15, 0.2) is 0 Å². The highest BCUT2D eigenvalue weighted by molar-refractivity contribution is 7.90. The van der Waals surface area contributed by atoms with Gasteiger partial charge in [-0.15, -0.1) is 4.40 Å². The lowest BCUT2D eigenvalue weighted by Crippen LogP contribution is -2.35. The van der Waals surface area contributed by atoms with Crippen molar-refractivity contribution in [1.82, 2.24) is 14.8 Å². The van der Waals surface area contributed by atoms with Crippen LogP contribution in [0.15, 0.2) is 58.3 Å². The summed E-state index contributed by atoms with van der Waals surface area (Å²) in [5, 5.41) is 6.37. The molecule has 2 aromatic carbocycles. The molecule has 0 unspecified atom stereocenters. The predicted octanol–water partition coefficient (Wildman–Crippen LogP) is 4.02. The van der Waals surface area contributed by atoms with E-state index in [1.54, 1.807) is 0 Å². The highest BCUT2D eigenvalue weighted by Crippen LogP contribution is 2.36. The number of aromatic nitrogens is 3. The van der Waals surface area contributed by atoms with E-state index in [0.717, 1.165) is 31.4 Å². The van der Waals surface area contributed by atoms with Crippen LogP contribution in [0.3, 0.4) is 0 Å². The van der Waals surface area contributed by atoms with Crippen molar-refractivity contribution in [3.05, 3.63) is 60.2 Å². The second-order valence-corrected chi connectivity index (χ2v) is 9.72. The number of sulfonamides is 1. The molecule has 0 radical (unpaired) electrons. The Labute approximate surface area is 198 Å². The highest BCUT2D eigenvalue weighted by Gasteiger charge is 2.33. The summed E-state index contributed by atoms with van der Waals surface area (Å²) >= 11 is 0. The van der Waals surface area contributed by atoms with E-state index < -0.39 is 27.7 Å². The standard InChI is InChI=1S/C22H19F3N6O3S/c23-22(24,25)15-6-8-17(31-13-26-12-27-31)16(11-15)28-21(32)14-5-7-18-19(10-14)35(33,34)29-20-4-2-1-3-9-30(18)20/h5-8,10-13H,1-4,9H2,(H,28,32). The lowest BCUT2D eigenvalue weighted by atomic mass is 10.1. The number of anilines is 2. The first-order valence-corrected chi connectivity index (χ1v) is 12.2. The fraction of sp³-hybridized carbons (Fsp3) is 0.273. The molecular formula is C22H19F3N6O3S. The van der Waals surface area contributed by atoms with Crippen LogP contribution in [0, 0.1) is 0 Å². The van der Waals surface area contributed by atoms with Crippen LogP contribution in [-0.4, -0.2) is 41.5 Å². The van der Waals surface area contributed by atoms with Gasteiger partial charge >= 0.3 is 6.18 Å². The summed E-state index contributed by atoms with van der Waals surface area (Å²) in [6.45, 7) is 0.610. The molecule has 5 rings (SSSR count). The molecule has 1 aromatic heterocycles. The summed E-state index contributed by atoms with van der Waals surface area (Å²) in [6.07, 6.45) is 1.06. The molecule has 182 valence electrons. The van der Waals surface area contributed by atoms with Gasteiger partial charge in [-0.2, -0.15) is 26.7 Å². The Bertz CT molecular complexity index is 1440. The Morgan fingerprint density at radius 3 is 2.57 bits per heavy atom. The predicted molar refractivity (Wildman–Crippen MR) is 121 cm³/mol. The Morgan fingerprint density at radius 1 is 1.03 bits per heavy atom. The van der Waals surface area contributed by atoms with Crippen LogP contribution in [0.1, 0.15) is 41.6 Å². The molecular weight excluding hydrogens is 485 g/mol. The van der Waals surface area contributed by atoms with Gasteiger partial charge in [-0.1, -0.05) is 6.42 Å². The van der Waals surface area contributed by atoms with Crippen molar-refractivity contribution in [2.45, 2.75) is 36.8 Å². The van der Waals surface area contributed by atoms with Gasteiger partial charge in [0.25, 0.3) is 15.9 Å². The monoisotopic (exact) mass is 504 g/mol. The maximum Gasteiger partial charge on any atom is 0.416 e. The molecule has 0 bridgehead atoms. The number of hydrogen-bond acceptors (Lipinski definition) is 6. The smallest absolute Gasteiger partial charge is 0.328 e. The first-order chi connectivity index (χ1) is 16.6. The number of carbonyl (C=O) groups is 1. The number of carbonyl (C=O) groups excluding carboxylic acids is 1. The third-order valence-electron chi connectivity index (χ3n) is 5.85.